The number of nitrogens with one attached hydrogen (secondary N) is 1. The molecule has 0 aliphatic carbocycles. The first-order valence-electron chi connectivity index (χ1n) is 10.7. The number of Topliss-reactive ketones (excluding diaryl/α,β-unsaturated/α-hetero) is 1. The Morgan fingerprint density at radius 1 is 1.19 bits per heavy atom. The van der Waals surface area contributed by atoms with Crippen molar-refractivity contribution in [2.24, 2.45) is 0 Å². The van der Waals surface area contributed by atoms with Gasteiger partial charge in [0.1, 0.15) is 12.2 Å². The van der Waals surface area contributed by atoms with E-state index in [1.807, 2.05) is 20.8 Å². The molecule has 8 heteroatoms. The smallest absolute Gasteiger partial charge is 0.319 e. The minimum absolute atomic E-state index is 0.0218. The molecule has 0 radical (unpaired) electrons. The van der Waals surface area contributed by atoms with Gasteiger partial charge in [0.2, 0.25) is 5.78 Å². The second-order valence-electron chi connectivity index (χ2n) is 7.91. The van der Waals surface area contributed by atoms with Crippen molar-refractivity contribution in [3.63, 3.8) is 0 Å². The zero-order chi connectivity index (χ0) is 23.0. The number of allylic oxidation sites excluding steroid dienone is 2. The van der Waals surface area contributed by atoms with Crippen LogP contribution >= 0.6 is 0 Å². The third kappa shape index (κ3) is 3.55. The Kier molecular flexibility index (Phi) is 5.54. The van der Waals surface area contributed by atoms with Crippen LogP contribution in [0.4, 0.5) is 4.39 Å². The van der Waals surface area contributed by atoms with Gasteiger partial charge in [-0.1, -0.05) is 19.9 Å². The summed E-state index contributed by atoms with van der Waals surface area (Å²) in [4.78, 5) is 39.5. The van der Waals surface area contributed by atoms with E-state index in [4.69, 9.17) is 4.74 Å². The number of fused-ring (bicyclic) bond motifs is 1. The van der Waals surface area contributed by atoms with Crippen molar-refractivity contribution >= 4 is 22.7 Å². The molecular formula is C24H24FN3O4. The first-order chi connectivity index (χ1) is 15.3. The molecule has 1 N–H and O–H groups in total. The standard InChI is InChI=1S/C24H24FN3O4/c1-4-24(5-2,12-21-20(29)11-22(30)32-21)16-7-8-18(27-23(16)31)15-10-19-14(9-17(15)25)13-26-28(19)6-3/h7-10,12-13H,4-6,11H2,1-3H3,(H,27,31)/b21-12+. The highest BCUT2D eigenvalue weighted by atomic mass is 19.1. The van der Waals surface area contributed by atoms with Gasteiger partial charge in [-0.15, -0.1) is 0 Å². The van der Waals surface area contributed by atoms with Gasteiger partial charge in [0, 0.05) is 28.5 Å². The largest absolute Gasteiger partial charge is 0.423 e. The van der Waals surface area contributed by atoms with E-state index in [0.717, 1.165) is 5.52 Å². The molecule has 1 fully saturated rings. The van der Waals surface area contributed by atoms with Gasteiger partial charge in [0.15, 0.2) is 5.76 Å². The fraction of sp³-hybridized carbons (Fsp3) is 0.333. The summed E-state index contributed by atoms with van der Waals surface area (Å²) in [5.74, 6) is -1.47. The molecule has 2 aromatic heterocycles. The van der Waals surface area contributed by atoms with Crippen LogP contribution in [0.15, 0.2) is 47.1 Å². The molecule has 7 nitrogen and oxygen atoms in total. The fourth-order valence-electron chi connectivity index (χ4n) is 4.29. The molecule has 1 saturated heterocycles. The molecule has 4 rings (SSSR count). The zero-order valence-corrected chi connectivity index (χ0v) is 18.2. The molecule has 0 saturated carbocycles. The molecule has 0 spiro atoms. The summed E-state index contributed by atoms with van der Waals surface area (Å²) in [6.07, 6.45) is 3.92. The first-order valence-corrected chi connectivity index (χ1v) is 10.7. The summed E-state index contributed by atoms with van der Waals surface area (Å²) >= 11 is 0. The normalized spacial score (nSPS) is 15.7. The maximum atomic E-state index is 14.8. The Morgan fingerprint density at radius 3 is 2.53 bits per heavy atom. The molecule has 1 aliphatic heterocycles. The van der Waals surface area contributed by atoms with Crippen molar-refractivity contribution < 1.29 is 18.7 Å². The number of rotatable bonds is 6. The first kappa shape index (κ1) is 21.7. The number of hydrogen-bond acceptors (Lipinski definition) is 5. The number of H-pyrrole nitrogens is 1. The lowest BCUT2D eigenvalue weighted by molar-refractivity contribution is -0.135. The summed E-state index contributed by atoms with van der Waals surface area (Å²) in [6, 6.07) is 6.40. The Labute approximate surface area is 183 Å². The van der Waals surface area contributed by atoms with E-state index in [2.05, 4.69) is 10.1 Å². The maximum absolute atomic E-state index is 14.8. The summed E-state index contributed by atoms with van der Waals surface area (Å²) < 4.78 is 21.6. The van der Waals surface area contributed by atoms with E-state index >= 15 is 0 Å². The molecule has 0 unspecified atom stereocenters. The molecule has 0 atom stereocenters. The minimum atomic E-state index is -0.801. The van der Waals surface area contributed by atoms with E-state index in [1.54, 1.807) is 35.2 Å². The van der Waals surface area contributed by atoms with Crippen molar-refractivity contribution in [1.82, 2.24) is 14.8 Å². The third-order valence-electron chi connectivity index (χ3n) is 6.24. The molecule has 3 aromatic rings. The number of aryl methyl sites for hydroxylation is 1. The number of cyclic esters (lactones) is 1. The van der Waals surface area contributed by atoms with E-state index in [-0.39, 0.29) is 23.3 Å². The van der Waals surface area contributed by atoms with Crippen molar-refractivity contribution in [1.29, 1.82) is 0 Å². The monoisotopic (exact) mass is 437 g/mol. The summed E-state index contributed by atoms with van der Waals surface area (Å²) in [5, 5.41) is 4.93. The van der Waals surface area contributed by atoms with Crippen LogP contribution in [-0.4, -0.2) is 26.5 Å². The van der Waals surface area contributed by atoms with Gasteiger partial charge in [0.25, 0.3) is 5.56 Å². The molecule has 1 aromatic carbocycles. The number of pyridine rings is 1. The fourth-order valence-corrected chi connectivity index (χ4v) is 4.29. The zero-order valence-electron chi connectivity index (χ0n) is 18.2. The highest BCUT2D eigenvalue weighted by molar-refractivity contribution is 6.10. The average Bonchev–Trinajstić information content (AvgIpc) is 3.32. The summed E-state index contributed by atoms with van der Waals surface area (Å²) in [5.41, 5.74) is 0.632. The molecule has 1 aliphatic rings. The van der Waals surface area contributed by atoms with E-state index in [9.17, 15) is 18.8 Å². The van der Waals surface area contributed by atoms with E-state index in [0.29, 0.717) is 36.0 Å². The van der Waals surface area contributed by atoms with Crippen molar-refractivity contribution in [2.45, 2.75) is 52.0 Å². The molecular weight excluding hydrogens is 413 g/mol. The maximum Gasteiger partial charge on any atom is 0.319 e. The van der Waals surface area contributed by atoms with E-state index < -0.39 is 23.0 Å². The second-order valence-corrected chi connectivity index (χ2v) is 7.91. The Balaban J connectivity index is 1.81. The van der Waals surface area contributed by atoms with Crippen LogP contribution in [0.25, 0.3) is 22.2 Å². The minimum Gasteiger partial charge on any atom is -0.423 e. The van der Waals surface area contributed by atoms with Crippen LogP contribution in [0.5, 0.6) is 0 Å². The number of carbonyl (C=O) groups excluding carboxylic acids is 2. The Morgan fingerprint density at radius 2 is 1.94 bits per heavy atom. The average molecular weight is 437 g/mol. The predicted molar refractivity (Wildman–Crippen MR) is 117 cm³/mol. The molecule has 0 bridgehead atoms. The molecule has 3 heterocycles. The Hall–Kier alpha value is -3.55. The molecule has 32 heavy (non-hydrogen) atoms. The lowest BCUT2D eigenvalue weighted by Gasteiger charge is -2.28. The van der Waals surface area contributed by atoms with Crippen molar-refractivity contribution in [3.8, 4) is 11.3 Å². The second kappa shape index (κ2) is 8.18. The van der Waals surface area contributed by atoms with Crippen LogP contribution in [0.3, 0.4) is 0 Å². The van der Waals surface area contributed by atoms with E-state index in [1.165, 1.54) is 6.07 Å². The number of esters is 1. The predicted octanol–water partition coefficient (Wildman–Crippen LogP) is 4.01. The summed E-state index contributed by atoms with van der Waals surface area (Å²) in [7, 11) is 0. The van der Waals surface area contributed by atoms with Gasteiger partial charge in [-0.3, -0.25) is 19.1 Å². The number of benzene rings is 1. The van der Waals surface area contributed by atoms with Crippen molar-refractivity contribution in [3.05, 3.63) is 64.0 Å². The molecule has 166 valence electrons. The van der Waals surface area contributed by atoms with Crippen LogP contribution in [0, 0.1) is 5.82 Å². The van der Waals surface area contributed by atoms with Gasteiger partial charge < -0.3 is 9.72 Å². The number of nitrogens with zero attached hydrogens (tertiary/aromatic N) is 2. The topological polar surface area (TPSA) is 94.1 Å². The number of ketones is 1. The van der Waals surface area contributed by atoms with Gasteiger partial charge >= 0.3 is 5.97 Å². The van der Waals surface area contributed by atoms with Crippen LogP contribution < -0.4 is 5.56 Å². The van der Waals surface area contributed by atoms with Crippen LogP contribution in [-0.2, 0) is 26.3 Å². The number of aromatic amines is 1. The lowest BCUT2D eigenvalue weighted by Crippen LogP contribution is -2.31. The quantitative estimate of drug-likeness (QED) is 0.357. The SMILES string of the molecule is CCn1ncc2cc(F)c(-c3ccc(C(/C=C4/OC(=O)CC4=O)(CC)CC)c(=O)[nH]3)cc21. The summed E-state index contributed by atoms with van der Waals surface area (Å²) in [6.45, 7) is 6.38. The van der Waals surface area contributed by atoms with Gasteiger partial charge in [-0.25, -0.2) is 4.39 Å². The Bertz CT molecular complexity index is 1310. The number of aromatic nitrogens is 3. The number of hydrogen-bond donors (Lipinski definition) is 1. The van der Waals surface area contributed by atoms with Gasteiger partial charge in [0.05, 0.1) is 17.4 Å². The number of halogens is 1. The third-order valence-corrected chi connectivity index (χ3v) is 6.24. The molecule has 0 amide bonds. The van der Waals surface area contributed by atoms with Crippen LogP contribution in [0.2, 0.25) is 0 Å². The van der Waals surface area contributed by atoms with Gasteiger partial charge in [-0.2, -0.15) is 5.10 Å². The highest BCUT2D eigenvalue weighted by Gasteiger charge is 2.35. The van der Waals surface area contributed by atoms with Crippen LogP contribution in [0.1, 0.15) is 45.6 Å². The highest BCUT2D eigenvalue weighted by Crippen LogP contribution is 2.35. The van der Waals surface area contributed by atoms with Gasteiger partial charge in [-0.05, 0) is 44.0 Å². The number of ether oxygens (including phenoxy) is 1. The number of carbonyl (C=O) groups is 2. The lowest BCUT2D eigenvalue weighted by atomic mass is 9.75. The van der Waals surface area contributed by atoms with Crippen molar-refractivity contribution in [2.75, 3.05) is 0 Å².